The van der Waals surface area contributed by atoms with E-state index >= 15 is 0 Å². The summed E-state index contributed by atoms with van der Waals surface area (Å²) in [5, 5.41) is 3.50. The van der Waals surface area contributed by atoms with E-state index in [0.717, 1.165) is 12.8 Å². The van der Waals surface area contributed by atoms with E-state index in [1.54, 1.807) is 11.8 Å². The molecule has 2 N–H and O–H groups in total. The zero-order chi connectivity index (χ0) is 18.0. The molecule has 0 radical (unpaired) electrons. The smallest absolute Gasteiger partial charge is 0.352 e. The van der Waals surface area contributed by atoms with Crippen LogP contribution in [0.4, 0.5) is 4.79 Å². The molecule has 7 nitrogen and oxygen atoms in total. The van der Waals surface area contributed by atoms with Crippen molar-refractivity contribution in [1.82, 2.24) is 15.2 Å². The van der Waals surface area contributed by atoms with Gasteiger partial charge in [0.1, 0.15) is 5.69 Å². The first-order valence-corrected chi connectivity index (χ1v) is 9.14. The molecular weight excluding hydrogens is 369 g/mol. The maximum absolute atomic E-state index is 12.3. The molecule has 0 bridgehead atoms. The van der Waals surface area contributed by atoms with Gasteiger partial charge in [0, 0.05) is 24.8 Å². The fourth-order valence-corrected chi connectivity index (χ4v) is 3.13. The highest BCUT2D eigenvalue weighted by Gasteiger charge is 2.28. The van der Waals surface area contributed by atoms with Crippen molar-refractivity contribution in [2.45, 2.75) is 38.6 Å². The van der Waals surface area contributed by atoms with Gasteiger partial charge in [-0.2, -0.15) is 4.89 Å². The number of H-pyrrole nitrogens is 1. The summed E-state index contributed by atoms with van der Waals surface area (Å²) >= 11 is 12.1. The topological polar surface area (TPSA) is 83.7 Å². The van der Waals surface area contributed by atoms with Gasteiger partial charge in [0.05, 0.1) is 16.7 Å². The van der Waals surface area contributed by atoms with Gasteiger partial charge in [-0.3, -0.25) is 9.68 Å². The van der Waals surface area contributed by atoms with Crippen LogP contribution in [0.2, 0.25) is 10.0 Å². The number of halogens is 2. The largest absolute Gasteiger partial charge is 0.441 e. The first kappa shape index (κ1) is 18.4. The number of piperidine rings is 1. The fraction of sp³-hybridized carbons (Fsp3) is 0.625. The normalized spacial score (nSPS) is 18.3. The predicted molar refractivity (Wildman–Crippen MR) is 92.8 cm³/mol. The third-order valence-electron chi connectivity index (χ3n) is 4.50. The number of carbonyl (C=O) groups is 2. The molecule has 2 amide bonds. The van der Waals surface area contributed by atoms with Crippen molar-refractivity contribution in [1.29, 1.82) is 0 Å². The Labute approximate surface area is 155 Å². The van der Waals surface area contributed by atoms with Crippen LogP contribution >= 0.6 is 23.2 Å². The molecule has 0 aromatic carbocycles. The number of hydrogen-bond donors (Lipinski definition) is 2. The van der Waals surface area contributed by atoms with E-state index in [-0.39, 0.29) is 22.7 Å². The summed E-state index contributed by atoms with van der Waals surface area (Å²) in [5.41, 5.74) is 0.917. The van der Waals surface area contributed by atoms with Crippen molar-refractivity contribution in [2.75, 3.05) is 19.7 Å². The Hall–Kier alpha value is -1.44. The van der Waals surface area contributed by atoms with E-state index in [0.29, 0.717) is 49.2 Å². The number of aryl methyl sites for hydroxylation is 1. The summed E-state index contributed by atoms with van der Waals surface area (Å²) in [5.74, 6) is 0.236. The standard InChI is InChI=1S/C16H21Cl2N3O4/c1-9-12(17)13(18)14(19-9)15(22)20-11-4-6-21(7-5-11)16(23)25-24-8-10-2-3-10/h10-11,19H,2-8H2,1H3,(H,20,22). The molecule has 2 heterocycles. The third-order valence-corrected chi connectivity index (χ3v) is 5.45. The Balaban J connectivity index is 1.43. The highest BCUT2D eigenvalue weighted by atomic mass is 35.5. The number of amides is 2. The molecule has 1 aliphatic heterocycles. The van der Waals surface area contributed by atoms with Crippen LogP contribution in [0.3, 0.4) is 0 Å². The van der Waals surface area contributed by atoms with Gasteiger partial charge < -0.3 is 15.2 Å². The molecule has 9 heteroatoms. The number of nitrogens with zero attached hydrogens (tertiary/aromatic N) is 1. The Kier molecular flexibility index (Phi) is 5.76. The molecule has 0 unspecified atom stereocenters. The van der Waals surface area contributed by atoms with E-state index in [1.165, 1.54) is 0 Å². The lowest BCUT2D eigenvalue weighted by atomic mass is 10.1. The minimum absolute atomic E-state index is 0.0395. The highest BCUT2D eigenvalue weighted by molar-refractivity contribution is 6.44. The molecule has 2 fully saturated rings. The quantitative estimate of drug-likeness (QED) is 0.597. The van der Waals surface area contributed by atoms with Gasteiger partial charge in [-0.15, -0.1) is 0 Å². The lowest BCUT2D eigenvalue weighted by molar-refractivity contribution is -0.249. The van der Waals surface area contributed by atoms with Crippen molar-refractivity contribution in [3.05, 3.63) is 21.4 Å². The van der Waals surface area contributed by atoms with Gasteiger partial charge in [-0.05, 0) is 38.5 Å². The van der Waals surface area contributed by atoms with Gasteiger partial charge in [0.15, 0.2) is 0 Å². The third kappa shape index (κ3) is 4.59. The van der Waals surface area contributed by atoms with E-state index in [1.807, 2.05) is 0 Å². The van der Waals surface area contributed by atoms with Gasteiger partial charge >= 0.3 is 6.09 Å². The van der Waals surface area contributed by atoms with Gasteiger partial charge in [0.25, 0.3) is 5.91 Å². The van der Waals surface area contributed by atoms with Crippen LogP contribution in [-0.2, 0) is 9.78 Å². The molecule has 3 rings (SSSR count). The molecule has 1 aromatic rings. The minimum atomic E-state index is -0.472. The van der Waals surface area contributed by atoms with Crippen LogP contribution in [0, 0.1) is 12.8 Å². The summed E-state index contributed by atoms with van der Waals surface area (Å²) in [7, 11) is 0. The number of hydrogen-bond acceptors (Lipinski definition) is 4. The second kappa shape index (κ2) is 7.85. The molecule has 2 aliphatic rings. The number of aromatic nitrogens is 1. The lowest BCUT2D eigenvalue weighted by Gasteiger charge is -2.31. The second-order valence-corrected chi connectivity index (χ2v) is 7.32. The summed E-state index contributed by atoms with van der Waals surface area (Å²) < 4.78 is 0. The minimum Gasteiger partial charge on any atom is -0.352 e. The Morgan fingerprint density at radius 3 is 2.44 bits per heavy atom. The van der Waals surface area contributed by atoms with Crippen LogP contribution in [0.5, 0.6) is 0 Å². The average molecular weight is 390 g/mol. The molecule has 0 atom stereocenters. The van der Waals surface area contributed by atoms with E-state index < -0.39 is 6.09 Å². The maximum atomic E-state index is 12.3. The van der Waals surface area contributed by atoms with Crippen LogP contribution < -0.4 is 5.32 Å². The molecule has 138 valence electrons. The van der Waals surface area contributed by atoms with E-state index in [4.69, 9.17) is 33.0 Å². The SMILES string of the molecule is Cc1[nH]c(C(=O)NC2CCN(C(=O)OOCC3CC3)CC2)c(Cl)c1Cl. The molecule has 25 heavy (non-hydrogen) atoms. The van der Waals surface area contributed by atoms with Crippen molar-refractivity contribution in [3.63, 3.8) is 0 Å². The van der Waals surface area contributed by atoms with Crippen LogP contribution in [-0.4, -0.2) is 47.6 Å². The van der Waals surface area contributed by atoms with Crippen molar-refractivity contribution >= 4 is 35.2 Å². The zero-order valence-electron chi connectivity index (χ0n) is 13.9. The predicted octanol–water partition coefficient (Wildman–Crippen LogP) is 3.30. The number of likely N-dealkylation sites (tertiary alicyclic amines) is 1. The van der Waals surface area contributed by atoms with Crippen LogP contribution in [0.25, 0.3) is 0 Å². The monoisotopic (exact) mass is 389 g/mol. The van der Waals surface area contributed by atoms with Gasteiger partial charge in [-0.25, -0.2) is 4.79 Å². The van der Waals surface area contributed by atoms with Gasteiger partial charge in [0.2, 0.25) is 0 Å². The van der Waals surface area contributed by atoms with E-state index in [9.17, 15) is 9.59 Å². The molecule has 1 saturated carbocycles. The first-order valence-electron chi connectivity index (χ1n) is 8.38. The van der Waals surface area contributed by atoms with Crippen LogP contribution in [0.1, 0.15) is 41.9 Å². The Bertz CT molecular complexity index is 652. The van der Waals surface area contributed by atoms with Crippen molar-refractivity contribution < 1.29 is 19.4 Å². The maximum Gasteiger partial charge on any atom is 0.441 e. The van der Waals surface area contributed by atoms with Gasteiger partial charge in [-0.1, -0.05) is 23.2 Å². The molecule has 0 spiro atoms. The Morgan fingerprint density at radius 1 is 1.20 bits per heavy atom. The highest BCUT2D eigenvalue weighted by Crippen LogP contribution is 2.30. The zero-order valence-corrected chi connectivity index (χ0v) is 15.5. The number of aromatic amines is 1. The Morgan fingerprint density at radius 2 is 1.88 bits per heavy atom. The van der Waals surface area contributed by atoms with Crippen molar-refractivity contribution in [2.24, 2.45) is 5.92 Å². The summed E-state index contributed by atoms with van der Waals surface area (Å²) in [6, 6.07) is -0.0395. The van der Waals surface area contributed by atoms with Crippen molar-refractivity contribution in [3.8, 4) is 0 Å². The number of carbonyl (C=O) groups excluding carboxylic acids is 2. The van der Waals surface area contributed by atoms with E-state index in [2.05, 4.69) is 10.3 Å². The second-order valence-electron chi connectivity index (χ2n) is 6.56. The average Bonchev–Trinajstić information content (AvgIpc) is 3.38. The summed E-state index contributed by atoms with van der Waals surface area (Å²) in [6.45, 7) is 3.21. The molecule has 1 aromatic heterocycles. The molecule has 1 saturated heterocycles. The molecular formula is C16H21Cl2N3O4. The van der Waals surface area contributed by atoms with Crippen LogP contribution in [0.15, 0.2) is 0 Å². The lowest BCUT2D eigenvalue weighted by Crippen LogP contribution is -2.46. The summed E-state index contributed by atoms with van der Waals surface area (Å²) in [6.07, 6.45) is 3.07. The molecule has 1 aliphatic carbocycles. The fourth-order valence-electron chi connectivity index (χ4n) is 2.71. The number of nitrogens with one attached hydrogen (secondary N) is 2. The summed E-state index contributed by atoms with van der Waals surface area (Å²) in [4.78, 5) is 38.4. The number of rotatable bonds is 5. The first-order chi connectivity index (χ1) is 12.0.